The Hall–Kier alpha value is -7.10. The first kappa shape index (κ1) is 35.1. The molecule has 0 radical (unpaired) electrons. The van der Waals surface area contributed by atoms with Crippen LogP contribution < -0.4 is 14.7 Å². The zero-order valence-electron chi connectivity index (χ0n) is 33.5. The summed E-state index contributed by atoms with van der Waals surface area (Å²) in [5.41, 5.74) is 21.2. The Kier molecular flexibility index (Phi) is 8.37. The van der Waals surface area contributed by atoms with E-state index in [0.29, 0.717) is 0 Å². The van der Waals surface area contributed by atoms with E-state index in [2.05, 4.69) is 229 Å². The lowest BCUT2D eigenvalue weighted by Gasteiger charge is -2.40. The number of rotatable bonds is 6. The Balaban J connectivity index is 0.880. The number of fused-ring (bicyclic) bond motifs is 6. The van der Waals surface area contributed by atoms with E-state index in [4.69, 9.17) is 0 Å². The number of para-hydroxylation sites is 6. The van der Waals surface area contributed by atoms with Crippen LogP contribution >= 0.6 is 0 Å². The highest BCUT2D eigenvalue weighted by molar-refractivity contribution is 6.01. The van der Waals surface area contributed by atoms with E-state index in [1.54, 1.807) is 0 Å². The third kappa shape index (κ3) is 5.96. The predicted octanol–water partition coefficient (Wildman–Crippen LogP) is 15.2. The molecule has 0 aromatic heterocycles. The van der Waals surface area contributed by atoms with E-state index in [0.717, 1.165) is 47.1 Å². The number of aryl methyl sites for hydroxylation is 1. The van der Waals surface area contributed by atoms with Crippen LogP contribution in [0.15, 0.2) is 188 Å². The van der Waals surface area contributed by atoms with Crippen LogP contribution in [0.3, 0.4) is 0 Å². The fourth-order valence-corrected chi connectivity index (χ4v) is 9.73. The summed E-state index contributed by atoms with van der Waals surface area (Å²) in [6.07, 6.45) is 6.86. The van der Waals surface area contributed by atoms with Crippen molar-refractivity contribution >= 4 is 57.7 Å². The molecule has 8 aromatic carbocycles. The quantitative estimate of drug-likeness (QED) is 0.156. The number of hydrogen-bond acceptors (Lipinski definition) is 3. The average molecular weight is 760 g/mol. The van der Waals surface area contributed by atoms with Crippen molar-refractivity contribution in [3.05, 3.63) is 216 Å². The van der Waals surface area contributed by atoms with Gasteiger partial charge in [-0.25, -0.2) is 0 Å². The van der Waals surface area contributed by atoms with Crippen molar-refractivity contribution in [1.82, 2.24) is 0 Å². The second kappa shape index (κ2) is 14.1. The molecule has 0 saturated carbocycles. The summed E-state index contributed by atoms with van der Waals surface area (Å²) in [6.45, 7) is 5.83. The Labute approximate surface area is 347 Å². The maximum atomic E-state index is 2.52. The summed E-state index contributed by atoms with van der Waals surface area (Å²) in [5.74, 6) is 0. The second-order valence-electron chi connectivity index (χ2n) is 16.5. The van der Waals surface area contributed by atoms with Crippen molar-refractivity contribution in [3.63, 3.8) is 0 Å². The average Bonchev–Trinajstić information content (AvgIpc) is 3.52. The molecule has 11 rings (SSSR count). The summed E-state index contributed by atoms with van der Waals surface area (Å²) >= 11 is 0. The van der Waals surface area contributed by atoms with Crippen LogP contribution in [0.4, 0.5) is 45.5 Å². The molecule has 8 aromatic rings. The smallest absolute Gasteiger partial charge is 0.0703 e. The molecule has 59 heavy (non-hydrogen) atoms. The van der Waals surface area contributed by atoms with E-state index >= 15 is 0 Å². The molecule has 0 spiro atoms. The van der Waals surface area contributed by atoms with E-state index in [-0.39, 0.29) is 5.41 Å². The third-order valence-corrected chi connectivity index (χ3v) is 12.6. The van der Waals surface area contributed by atoms with Gasteiger partial charge in [0.25, 0.3) is 0 Å². The van der Waals surface area contributed by atoms with Crippen molar-refractivity contribution in [2.24, 2.45) is 0 Å². The zero-order chi connectivity index (χ0) is 39.5. The predicted molar refractivity (Wildman–Crippen MR) is 250 cm³/mol. The van der Waals surface area contributed by atoms with Gasteiger partial charge in [0.2, 0.25) is 0 Å². The van der Waals surface area contributed by atoms with E-state index < -0.39 is 0 Å². The second-order valence-corrected chi connectivity index (χ2v) is 16.5. The minimum Gasteiger partial charge on any atom is -0.341 e. The molecule has 3 nitrogen and oxygen atoms in total. The molecule has 0 atom stereocenters. The maximum Gasteiger partial charge on any atom is 0.0703 e. The van der Waals surface area contributed by atoms with E-state index in [1.165, 1.54) is 67.9 Å². The van der Waals surface area contributed by atoms with Crippen LogP contribution in [0, 0.1) is 0 Å². The largest absolute Gasteiger partial charge is 0.341 e. The Morgan fingerprint density at radius 1 is 0.424 bits per heavy atom. The van der Waals surface area contributed by atoms with E-state index in [9.17, 15) is 0 Å². The number of anilines is 8. The van der Waals surface area contributed by atoms with Gasteiger partial charge in [0.05, 0.1) is 22.7 Å². The normalized spacial score (nSPS) is 14.7. The van der Waals surface area contributed by atoms with Gasteiger partial charge in [-0.2, -0.15) is 0 Å². The number of benzene rings is 8. The molecule has 0 bridgehead atoms. The highest BCUT2D eigenvalue weighted by Crippen LogP contribution is 2.54. The topological polar surface area (TPSA) is 9.72 Å². The highest BCUT2D eigenvalue weighted by Gasteiger charge is 2.36. The monoisotopic (exact) mass is 759 g/mol. The molecule has 0 N–H and O–H groups in total. The molecule has 1 aliphatic carbocycles. The zero-order valence-corrected chi connectivity index (χ0v) is 33.5. The summed E-state index contributed by atoms with van der Waals surface area (Å²) < 4.78 is 0. The van der Waals surface area contributed by atoms with Crippen molar-refractivity contribution in [1.29, 1.82) is 0 Å². The van der Waals surface area contributed by atoms with Crippen LogP contribution in [0.25, 0.3) is 34.4 Å². The van der Waals surface area contributed by atoms with Gasteiger partial charge in [-0.05, 0) is 136 Å². The molecule has 2 aliphatic heterocycles. The first-order valence-corrected chi connectivity index (χ1v) is 20.9. The van der Waals surface area contributed by atoms with Gasteiger partial charge < -0.3 is 14.7 Å². The van der Waals surface area contributed by atoms with Crippen molar-refractivity contribution in [2.45, 2.75) is 32.1 Å². The summed E-state index contributed by atoms with van der Waals surface area (Å²) in [5, 5.41) is 0. The first-order valence-electron chi connectivity index (χ1n) is 20.9. The molecule has 0 saturated heterocycles. The van der Waals surface area contributed by atoms with Crippen LogP contribution in [-0.2, 0) is 11.8 Å². The van der Waals surface area contributed by atoms with Crippen LogP contribution in [0.2, 0.25) is 0 Å². The van der Waals surface area contributed by atoms with Crippen molar-refractivity contribution in [3.8, 4) is 22.3 Å². The van der Waals surface area contributed by atoms with Crippen LogP contribution in [0.1, 0.15) is 48.1 Å². The van der Waals surface area contributed by atoms with Gasteiger partial charge in [0, 0.05) is 34.7 Å². The van der Waals surface area contributed by atoms with Gasteiger partial charge >= 0.3 is 0 Å². The molecule has 0 amide bonds. The van der Waals surface area contributed by atoms with Crippen LogP contribution in [-0.4, -0.2) is 6.54 Å². The third-order valence-electron chi connectivity index (χ3n) is 12.6. The summed E-state index contributed by atoms with van der Waals surface area (Å²) in [4.78, 5) is 7.29. The maximum absolute atomic E-state index is 2.52. The van der Waals surface area contributed by atoms with Gasteiger partial charge in [0.1, 0.15) is 0 Å². The summed E-state index contributed by atoms with van der Waals surface area (Å²) in [7, 11) is 0. The molecule has 0 unspecified atom stereocenters. The van der Waals surface area contributed by atoms with Gasteiger partial charge in [0.15, 0.2) is 0 Å². The number of hydrogen-bond donors (Lipinski definition) is 0. The Bertz CT molecular complexity index is 2870. The van der Waals surface area contributed by atoms with Gasteiger partial charge in [-0.1, -0.05) is 141 Å². The van der Waals surface area contributed by atoms with Gasteiger partial charge in [-0.3, -0.25) is 0 Å². The minimum absolute atomic E-state index is 0.0972. The molecule has 3 heteroatoms. The summed E-state index contributed by atoms with van der Waals surface area (Å²) in [6, 6.07) is 69.0. The van der Waals surface area contributed by atoms with Crippen LogP contribution in [0.5, 0.6) is 0 Å². The fraction of sp³-hybridized carbons (Fsp3) is 0.107. The number of nitrogens with zero attached hydrogens (tertiary/aromatic N) is 3. The lowest BCUT2D eigenvalue weighted by molar-refractivity contribution is 0.659. The standard InChI is InChI=1S/C56H45N3/c1-56(2)49-36-40(30-32-47(49)48-33-31-45(38-50(48)56)57-34-14-19-41-16-6-7-23-51(41)57)29-28-39-15-12-17-42(35-39)43-18-13-22-46(37-43)59-54-26-10-8-24-52(54)58(44-20-4-3-5-21-44)53-25-9-11-27-55(53)59/h3-13,15-18,20-33,35-38H,14,19,34H2,1-2H3/b29-28+. The SMILES string of the molecule is CC1(C)c2cc(/C=C/c3cccc(-c4cccc(N5c6ccccc6N(c6ccccc6)c6ccccc65)c4)c3)ccc2-c2ccc(N3CCCc4ccccc43)cc21. The molecule has 0 fully saturated rings. The molecule has 284 valence electrons. The van der Waals surface area contributed by atoms with Crippen molar-refractivity contribution in [2.75, 3.05) is 21.2 Å². The molecule has 3 aliphatic rings. The minimum atomic E-state index is -0.0972. The lowest BCUT2D eigenvalue weighted by atomic mass is 9.81. The van der Waals surface area contributed by atoms with Crippen molar-refractivity contribution < 1.29 is 0 Å². The molecule has 2 heterocycles. The Morgan fingerprint density at radius 2 is 0.966 bits per heavy atom. The van der Waals surface area contributed by atoms with E-state index in [1.807, 2.05) is 0 Å². The Morgan fingerprint density at radius 3 is 1.68 bits per heavy atom. The molecular formula is C56H45N3. The fourth-order valence-electron chi connectivity index (χ4n) is 9.73. The van der Waals surface area contributed by atoms with Gasteiger partial charge in [-0.15, -0.1) is 0 Å². The lowest BCUT2D eigenvalue weighted by Crippen LogP contribution is -2.25. The molecular weight excluding hydrogens is 715 g/mol. The first-order chi connectivity index (χ1) is 29.0. The highest BCUT2D eigenvalue weighted by atomic mass is 15.3.